The summed E-state index contributed by atoms with van der Waals surface area (Å²) >= 11 is 0. The lowest BCUT2D eigenvalue weighted by Gasteiger charge is -2.28. The summed E-state index contributed by atoms with van der Waals surface area (Å²) in [6, 6.07) is 2.17. The zero-order chi connectivity index (χ0) is 11.6. The van der Waals surface area contributed by atoms with Crippen molar-refractivity contribution in [2.75, 3.05) is 6.54 Å². The van der Waals surface area contributed by atoms with Crippen LogP contribution in [0.4, 0.5) is 0 Å². The third-order valence-corrected chi connectivity index (χ3v) is 3.75. The molecule has 3 heteroatoms. The van der Waals surface area contributed by atoms with Crippen LogP contribution in [0.5, 0.6) is 0 Å². The Labute approximate surface area is 98.0 Å². The van der Waals surface area contributed by atoms with Crippen molar-refractivity contribution in [3.63, 3.8) is 0 Å². The molecule has 0 amide bonds. The summed E-state index contributed by atoms with van der Waals surface area (Å²) in [4.78, 5) is 0. The van der Waals surface area contributed by atoms with Crippen LogP contribution in [0.3, 0.4) is 0 Å². The summed E-state index contributed by atoms with van der Waals surface area (Å²) in [6.45, 7) is 6.23. The van der Waals surface area contributed by atoms with Crippen molar-refractivity contribution in [1.82, 2.24) is 9.78 Å². The van der Waals surface area contributed by atoms with Crippen molar-refractivity contribution in [3.05, 3.63) is 18.0 Å². The van der Waals surface area contributed by atoms with Gasteiger partial charge < -0.3 is 5.73 Å². The van der Waals surface area contributed by atoms with Gasteiger partial charge in [0.1, 0.15) is 0 Å². The van der Waals surface area contributed by atoms with Crippen LogP contribution in [0.1, 0.15) is 45.2 Å². The van der Waals surface area contributed by atoms with Gasteiger partial charge in [-0.2, -0.15) is 5.10 Å². The van der Waals surface area contributed by atoms with E-state index in [9.17, 15) is 0 Å². The number of aromatic nitrogens is 2. The first-order valence-electron chi connectivity index (χ1n) is 6.40. The number of hydrogen-bond acceptors (Lipinski definition) is 2. The molecule has 1 fully saturated rings. The Balaban J connectivity index is 2.27. The summed E-state index contributed by atoms with van der Waals surface area (Å²) in [5.41, 5.74) is 7.59. The van der Waals surface area contributed by atoms with Gasteiger partial charge >= 0.3 is 0 Å². The minimum atomic E-state index is 0.214. The summed E-state index contributed by atoms with van der Waals surface area (Å²) in [5.74, 6) is 0.634. The predicted molar refractivity (Wildman–Crippen MR) is 66.3 cm³/mol. The molecular formula is C13H23N3. The molecule has 1 aromatic rings. The number of nitrogens with two attached hydrogens (primary N) is 1. The van der Waals surface area contributed by atoms with Crippen LogP contribution in [0.25, 0.3) is 0 Å². The molecule has 0 aliphatic heterocycles. The standard InChI is InChI=1S/C13H23N3/c1-11(2)9-16-12(5-8-15-16)13(10-14)6-3-4-7-13/h5,8,11H,3-4,6-7,9-10,14H2,1-2H3. The van der Waals surface area contributed by atoms with Crippen LogP contribution in [0.2, 0.25) is 0 Å². The average molecular weight is 221 g/mol. The Bertz CT molecular complexity index is 335. The Morgan fingerprint density at radius 1 is 1.44 bits per heavy atom. The first-order valence-corrected chi connectivity index (χ1v) is 6.40. The minimum Gasteiger partial charge on any atom is -0.330 e. The second-order valence-electron chi connectivity index (χ2n) is 5.48. The van der Waals surface area contributed by atoms with Gasteiger partial charge in [0.2, 0.25) is 0 Å². The van der Waals surface area contributed by atoms with Gasteiger partial charge in [-0.05, 0) is 24.8 Å². The van der Waals surface area contributed by atoms with Crippen molar-refractivity contribution in [2.24, 2.45) is 11.7 Å². The minimum absolute atomic E-state index is 0.214. The smallest absolute Gasteiger partial charge is 0.0492 e. The maximum Gasteiger partial charge on any atom is 0.0492 e. The molecule has 1 saturated carbocycles. The van der Waals surface area contributed by atoms with Gasteiger partial charge in [-0.1, -0.05) is 26.7 Å². The monoisotopic (exact) mass is 221 g/mol. The van der Waals surface area contributed by atoms with Crippen LogP contribution >= 0.6 is 0 Å². The molecule has 0 spiro atoms. The van der Waals surface area contributed by atoms with Gasteiger partial charge in [-0.25, -0.2) is 0 Å². The molecule has 0 aromatic carbocycles. The number of nitrogens with zero attached hydrogens (tertiary/aromatic N) is 2. The lowest BCUT2D eigenvalue weighted by atomic mass is 9.82. The fourth-order valence-electron chi connectivity index (χ4n) is 2.89. The molecule has 0 unspecified atom stereocenters. The van der Waals surface area contributed by atoms with E-state index in [0.29, 0.717) is 5.92 Å². The van der Waals surface area contributed by atoms with Crippen molar-refractivity contribution in [2.45, 2.75) is 51.5 Å². The van der Waals surface area contributed by atoms with E-state index < -0.39 is 0 Å². The van der Waals surface area contributed by atoms with Crippen LogP contribution < -0.4 is 5.73 Å². The highest BCUT2D eigenvalue weighted by Crippen LogP contribution is 2.40. The number of rotatable bonds is 4. The Morgan fingerprint density at radius 3 is 2.69 bits per heavy atom. The highest BCUT2D eigenvalue weighted by molar-refractivity contribution is 5.19. The lowest BCUT2D eigenvalue weighted by Crippen LogP contribution is -2.35. The summed E-state index contributed by atoms with van der Waals surface area (Å²) in [5, 5.41) is 4.46. The molecule has 3 nitrogen and oxygen atoms in total. The molecule has 0 atom stereocenters. The molecule has 90 valence electrons. The fraction of sp³-hybridized carbons (Fsp3) is 0.769. The molecule has 2 N–H and O–H groups in total. The highest BCUT2D eigenvalue weighted by Gasteiger charge is 2.36. The maximum atomic E-state index is 6.02. The first kappa shape index (κ1) is 11.6. The second-order valence-corrected chi connectivity index (χ2v) is 5.48. The van der Waals surface area contributed by atoms with Crippen LogP contribution in [-0.2, 0) is 12.0 Å². The van der Waals surface area contributed by atoms with E-state index in [4.69, 9.17) is 5.73 Å². The van der Waals surface area contributed by atoms with E-state index in [1.165, 1.54) is 31.4 Å². The topological polar surface area (TPSA) is 43.8 Å². The van der Waals surface area contributed by atoms with Crippen LogP contribution in [-0.4, -0.2) is 16.3 Å². The molecule has 1 aromatic heterocycles. The van der Waals surface area contributed by atoms with Gasteiger partial charge in [0.15, 0.2) is 0 Å². The Morgan fingerprint density at radius 2 is 2.12 bits per heavy atom. The zero-order valence-corrected chi connectivity index (χ0v) is 10.4. The summed E-state index contributed by atoms with van der Waals surface area (Å²) in [6.07, 6.45) is 7.00. The molecule has 2 rings (SSSR count). The summed E-state index contributed by atoms with van der Waals surface area (Å²) < 4.78 is 2.17. The molecule has 1 heterocycles. The van der Waals surface area contributed by atoms with Crippen LogP contribution in [0.15, 0.2) is 12.3 Å². The van der Waals surface area contributed by atoms with E-state index in [1.807, 2.05) is 6.20 Å². The van der Waals surface area contributed by atoms with E-state index in [0.717, 1.165) is 13.1 Å². The predicted octanol–water partition coefficient (Wildman–Crippen LogP) is 2.31. The largest absolute Gasteiger partial charge is 0.330 e. The van der Waals surface area contributed by atoms with Crippen molar-refractivity contribution < 1.29 is 0 Å². The lowest BCUT2D eigenvalue weighted by molar-refractivity contribution is 0.379. The second kappa shape index (κ2) is 4.58. The van der Waals surface area contributed by atoms with E-state index in [1.54, 1.807) is 0 Å². The molecule has 0 saturated heterocycles. The maximum absolute atomic E-state index is 6.02. The number of hydrogen-bond donors (Lipinski definition) is 1. The normalized spacial score (nSPS) is 19.5. The van der Waals surface area contributed by atoms with Gasteiger partial charge in [0.25, 0.3) is 0 Å². The third-order valence-electron chi connectivity index (χ3n) is 3.75. The molecular weight excluding hydrogens is 198 g/mol. The quantitative estimate of drug-likeness (QED) is 0.848. The third kappa shape index (κ3) is 2.01. The summed E-state index contributed by atoms with van der Waals surface area (Å²) in [7, 11) is 0. The average Bonchev–Trinajstić information content (AvgIpc) is 2.85. The fourth-order valence-corrected chi connectivity index (χ4v) is 2.89. The van der Waals surface area contributed by atoms with Gasteiger partial charge in [-0.3, -0.25) is 4.68 Å². The van der Waals surface area contributed by atoms with Crippen molar-refractivity contribution in [3.8, 4) is 0 Å². The molecule has 1 aliphatic rings. The highest BCUT2D eigenvalue weighted by atomic mass is 15.3. The van der Waals surface area contributed by atoms with Gasteiger partial charge in [0, 0.05) is 30.4 Å². The van der Waals surface area contributed by atoms with Crippen molar-refractivity contribution in [1.29, 1.82) is 0 Å². The SMILES string of the molecule is CC(C)Cn1nccc1C1(CN)CCCC1. The van der Waals surface area contributed by atoms with E-state index in [-0.39, 0.29) is 5.41 Å². The van der Waals surface area contributed by atoms with E-state index >= 15 is 0 Å². The van der Waals surface area contributed by atoms with E-state index in [2.05, 4.69) is 29.7 Å². The molecule has 16 heavy (non-hydrogen) atoms. The Kier molecular flexibility index (Phi) is 3.33. The van der Waals surface area contributed by atoms with Gasteiger partial charge in [-0.15, -0.1) is 0 Å². The van der Waals surface area contributed by atoms with Gasteiger partial charge in [0.05, 0.1) is 0 Å². The van der Waals surface area contributed by atoms with Crippen LogP contribution in [0, 0.1) is 5.92 Å². The Hall–Kier alpha value is -0.830. The van der Waals surface area contributed by atoms with Crippen molar-refractivity contribution >= 4 is 0 Å². The first-order chi connectivity index (χ1) is 7.68. The molecule has 0 radical (unpaired) electrons. The zero-order valence-electron chi connectivity index (χ0n) is 10.4. The molecule has 0 bridgehead atoms. The molecule has 1 aliphatic carbocycles.